The van der Waals surface area contributed by atoms with Gasteiger partial charge in [-0.05, 0) is 67.3 Å². The maximum absolute atomic E-state index is 13.1. The van der Waals surface area contributed by atoms with Crippen LogP contribution in [-0.2, 0) is 6.61 Å². The van der Waals surface area contributed by atoms with Crippen molar-refractivity contribution in [3.05, 3.63) is 62.3 Å². The lowest BCUT2D eigenvalue weighted by atomic mass is 10.2. The molecule has 3 nitrogen and oxygen atoms in total. The van der Waals surface area contributed by atoms with Crippen molar-refractivity contribution in [2.24, 2.45) is 5.16 Å². The van der Waals surface area contributed by atoms with Gasteiger partial charge in [-0.25, -0.2) is 4.39 Å². The van der Waals surface area contributed by atoms with E-state index in [1.807, 2.05) is 0 Å². The molecule has 0 bridgehead atoms. The van der Waals surface area contributed by atoms with Crippen molar-refractivity contribution in [1.29, 1.82) is 0 Å². The summed E-state index contributed by atoms with van der Waals surface area (Å²) in [6.07, 6.45) is 1.31. The van der Waals surface area contributed by atoms with Crippen molar-refractivity contribution in [1.82, 2.24) is 0 Å². The fourth-order valence-electron chi connectivity index (χ4n) is 1.64. The summed E-state index contributed by atoms with van der Waals surface area (Å²) in [4.78, 5) is 0. The molecular weight excluding hydrogens is 393 g/mol. The second-order valence-electron chi connectivity index (χ2n) is 3.98. The number of hydrogen-bond donors (Lipinski definition) is 1. The second-order valence-corrected chi connectivity index (χ2v) is 5.69. The number of hydrogen-bond acceptors (Lipinski definition) is 3. The third-order valence-corrected chi connectivity index (χ3v) is 3.68. The molecule has 0 heterocycles. The first kappa shape index (κ1) is 15.0. The molecule has 0 atom stereocenters. The molecule has 0 spiro atoms. The molecule has 2 aromatic rings. The van der Waals surface area contributed by atoms with E-state index in [0.717, 1.165) is 5.56 Å². The van der Waals surface area contributed by atoms with E-state index in [1.165, 1.54) is 18.3 Å². The van der Waals surface area contributed by atoms with Gasteiger partial charge < -0.3 is 9.94 Å². The van der Waals surface area contributed by atoms with Crippen LogP contribution in [0, 0.1) is 5.82 Å². The summed E-state index contributed by atoms with van der Waals surface area (Å²) >= 11 is 6.77. The first-order chi connectivity index (χ1) is 9.60. The average molecular weight is 403 g/mol. The molecule has 0 aliphatic rings. The van der Waals surface area contributed by atoms with Crippen LogP contribution in [0.15, 0.2) is 50.5 Å². The third-order valence-electron chi connectivity index (χ3n) is 2.50. The monoisotopic (exact) mass is 401 g/mol. The van der Waals surface area contributed by atoms with Crippen molar-refractivity contribution < 1.29 is 14.3 Å². The molecule has 0 unspecified atom stereocenters. The molecule has 2 rings (SSSR count). The van der Waals surface area contributed by atoms with E-state index in [0.29, 0.717) is 20.3 Å². The zero-order valence-corrected chi connectivity index (χ0v) is 13.4. The molecule has 0 aliphatic heterocycles. The highest BCUT2D eigenvalue weighted by molar-refractivity contribution is 9.11. The molecule has 0 saturated heterocycles. The summed E-state index contributed by atoms with van der Waals surface area (Å²) < 4.78 is 20.2. The van der Waals surface area contributed by atoms with Gasteiger partial charge in [-0.15, -0.1) is 0 Å². The molecule has 6 heteroatoms. The quantitative estimate of drug-likeness (QED) is 0.456. The molecule has 0 aliphatic carbocycles. The van der Waals surface area contributed by atoms with E-state index in [-0.39, 0.29) is 12.4 Å². The van der Waals surface area contributed by atoms with E-state index < -0.39 is 0 Å². The molecule has 20 heavy (non-hydrogen) atoms. The summed E-state index contributed by atoms with van der Waals surface area (Å²) in [5.41, 5.74) is 1.45. The van der Waals surface area contributed by atoms with Crippen molar-refractivity contribution >= 4 is 38.1 Å². The third kappa shape index (κ3) is 3.80. The molecule has 104 valence electrons. The first-order valence-corrected chi connectivity index (χ1v) is 7.22. The zero-order valence-electron chi connectivity index (χ0n) is 10.2. The van der Waals surface area contributed by atoms with Crippen LogP contribution in [0.1, 0.15) is 11.1 Å². The van der Waals surface area contributed by atoms with Gasteiger partial charge in [0.25, 0.3) is 0 Å². The Bertz CT molecular complexity index is 624. The van der Waals surface area contributed by atoms with Crippen molar-refractivity contribution in [3.8, 4) is 5.75 Å². The molecule has 0 aromatic heterocycles. The number of ether oxygens (including phenoxy) is 1. The number of benzene rings is 2. The molecule has 2 aromatic carbocycles. The molecule has 0 amide bonds. The van der Waals surface area contributed by atoms with E-state index in [9.17, 15) is 4.39 Å². The van der Waals surface area contributed by atoms with Crippen molar-refractivity contribution in [3.63, 3.8) is 0 Å². The van der Waals surface area contributed by atoms with Gasteiger partial charge in [0, 0.05) is 0 Å². The lowest BCUT2D eigenvalue weighted by Crippen LogP contribution is -1.98. The fourth-order valence-corrected chi connectivity index (χ4v) is 3.09. The predicted molar refractivity (Wildman–Crippen MR) is 82.0 cm³/mol. The number of nitrogens with zero attached hydrogens (tertiary/aromatic N) is 1. The Kier molecular flexibility index (Phi) is 5.14. The van der Waals surface area contributed by atoms with Gasteiger partial charge in [0.15, 0.2) is 0 Å². The largest absolute Gasteiger partial charge is 0.487 e. The molecule has 0 radical (unpaired) electrons. The number of halogens is 3. The van der Waals surface area contributed by atoms with Crippen LogP contribution in [0.3, 0.4) is 0 Å². The van der Waals surface area contributed by atoms with E-state index in [2.05, 4.69) is 37.0 Å². The van der Waals surface area contributed by atoms with Crippen molar-refractivity contribution in [2.75, 3.05) is 0 Å². The van der Waals surface area contributed by atoms with Crippen LogP contribution in [0.25, 0.3) is 0 Å². The van der Waals surface area contributed by atoms with Gasteiger partial charge in [-0.3, -0.25) is 0 Å². The molecule has 1 N–H and O–H groups in total. The Morgan fingerprint density at radius 1 is 1.20 bits per heavy atom. The van der Waals surface area contributed by atoms with Crippen LogP contribution >= 0.6 is 31.9 Å². The van der Waals surface area contributed by atoms with Gasteiger partial charge in [0.05, 0.1) is 15.2 Å². The summed E-state index contributed by atoms with van der Waals surface area (Å²) in [5, 5.41) is 11.5. The van der Waals surface area contributed by atoms with Gasteiger partial charge in [0.1, 0.15) is 18.2 Å². The summed E-state index contributed by atoms with van der Waals surface area (Å²) in [5.74, 6) is 0.308. The van der Waals surface area contributed by atoms with Crippen LogP contribution in [0.4, 0.5) is 4.39 Å². The normalized spacial score (nSPS) is 10.9. The number of rotatable bonds is 4. The summed E-state index contributed by atoms with van der Waals surface area (Å²) in [6, 6.07) is 9.75. The Morgan fingerprint density at radius 2 is 1.90 bits per heavy atom. The lowest BCUT2D eigenvalue weighted by molar-refractivity contribution is 0.301. The van der Waals surface area contributed by atoms with Gasteiger partial charge in [-0.2, -0.15) is 0 Å². The highest BCUT2D eigenvalue weighted by Crippen LogP contribution is 2.35. The summed E-state index contributed by atoms with van der Waals surface area (Å²) in [6.45, 7) is 0.252. The van der Waals surface area contributed by atoms with Crippen LogP contribution in [0.5, 0.6) is 5.75 Å². The summed E-state index contributed by atoms with van der Waals surface area (Å²) in [7, 11) is 0. The number of oxime groups is 1. The van der Waals surface area contributed by atoms with Crippen LogP contribution in [-0.4, -0.2) is 11.4 Å². The maximum Gasteiger partial charge on any atom is 0.148 e. The Labute approximate surface area is 132 Å². The van der Waals surface area contributed by atoms with E-state index >= 15 is 0 Å². The van der Waals surface area contributed by atoms with Crippen LogP contribution in [0.2, 0.25) is 0 Å². The SMILES string of the molecule is O/N=C\c1cc(Br)c(OCc2cccc(F)c2)c(Br)c1. The highest BCUT2D eigenvalue weighted by atomic mass is 79.9. The minimum atomic E-state index is -0.293. The lowest BCUT2D eigenvalue weighted by Gasteiger charge is -2.11. The smallest absolute Gasteiger partial charge is 0.148 e. The van der Waals surface area contributed by atoms with Gasteiger partial charge >= 0.3 is 0 Å². The highest BCUT2D eigenvalue weighted by Gasteiger charge is 2.09. The standard InChI is InChI=1S/C14H10Br2FNO2/c15-12-5-10(7-18-19)6-13(16)14(12)20-8-9-2-1-3-11(17)4-9/h1-7,19H,8H2/b18-7-. The van der Waals surface area contributed by atoms with Gasteiger partial charge in [0.2, 0.25) is 0 Å². The minimum absolute atomic E-state index is 0.252. The first-order valence-electron chi connectivity index (χ1n) is 5.64. The molecular formula is C14H10Br2FNO2. The van der Waals surface area contributed by atoms with E-state index in [4.69, 9.17) is 9.94 Å². The average Bonchev–Trinajstić information content (AvgIpc) is 2.38. The fraction of sp³-hybridized carbons (Fsp3) is 0.0714. The topological polar surface area (TPSA) is 41.8 Å². The predicted octanol–water partition coefficient (Wildman–Crippen LogP) is 4.74. The molecule has 0 fully saturated rings. The Morgan fingerprint density at radius 3 is 2.50 bits per heavy atom. The zero-order chi connectivity index (χ0) is 14.5. The van der Waals surface area contributed by atoms with Crippen molar-refractivity contribution in [2.45, 2.75) is 6.61 Å². The van der Waals surface area contributed by atoms with Gasteiger partial charge in [-0.1, -0.05) is 17.3 Å². The minimum Gasteiger partial charge on any atom is -0.487 e. The Hall–Kier alpha value is -1.40. The second kappa shape index (κ2) is 6.85. The van der Waals surface area contributed by atoms with Crippen LogP contribution < -0.4 is 4.74 Å². The Balaban J connectivity index is 2.17. The molecule has 0 saturated carbocycles. The maximum atomic E-state index is 13.1. The van der Waals surface area contributed by atoms with E-state index in [1.54, 1.807) is 24.3 Å².